The number of ether oxygens (including phenoxy) is 1. The van der Waals surface area contributed by atoms with Crippen LogP contribution < -0.4 is 5.32 Å². The Hall–Kier alpha value is -1.66. The Balaban J connectivity index is 3.38. The number of aliphatic hydroxyl groups excluding tert-OH is 2. The van der Waals surface area contributed by atoms with Crippen molar-refractivity contribution in [2.24, 2.45) is 0 Å². The minimum atomic E-state index is -0.665. The second-order valence-electron chi connectivity index (χ2n) is 25.6. The van der Waals surface area contributed by atoms with E-state index in [1.807, 2.05) is 0 Å². The maximum absolute atomic E-state index is 12.6. The number of carbonyl (C=O) groups is 2. The topological polar surface area (TPSA) is 95.9 Å². The molecule has 0 spiro atoms. The second-order valence-corrected chi connectivity index (χ2v) is 25.6. The Bertz CT molecular complexity index is 1270. The van der Waals surface area contributed by atoms with E-state index in [-0.39, 0.29) is 18.5 Å². The Labute approximate surface area is 507 Å². The highest BCUT2D eigenvalue weighted by Crippen LogP contribution is 2.19. The summed E-state index contributed by atoms with van der Waals surface area (Å²) in [5, 5.41) is 23.5. The fraction of sp³-hybridized carbons (Fsp3) is 0.920. The first-order valence-corrected chi connectivity index (χ1v) is 37.1. The molecule has 0 aromatic rings. The van der Waals surface area contributed by atoms with Gasteiger partial charge in [-0.1, -0.05) is 353 Å². The molecule has 0 aliphatic heterocycles. The Kier molecular flexibility index (Phi) is 69.4. The minimum Gasteiger partial charge on any atom is -0.466 e. The Morgan fingerprint density at radius 3 is 0.901 bits per heavy atom. The molecule has 6 heteroatoms. The van der Waals surface area contributed by atoms with E-state index in [2.05, 4.69) is 43.5 Å². The van der Waals surface area contributed by atoms with Gasteiger partial charge in [0.05, 0.1) is 25.4 Å². The zero-order valence-electron chi connectivity index (χ0n) is 55.0. The van der Waals surface area contributed by atoms with Crippen LogP contribution in [-0.2, 0) is 14.3 Å². The molecule has 0 saturated heterocycles. The fourth-order valence-corrected chi connectivity index (χ4v) is 11.8. The molecule has 2 unspecified atom stereocenters. The summed E-state index contributed by atoms with van der Waals surface area (Å²) >= 11 is 0. The summed E-state index contributed by atoms with van der Waals surface area (Å²) in [5.41, 5.74) is 0. The van der Waals surface area contributed by atoms with E-state index >= 15 is 0 Å². The first-order valence-electron chi connectivity index (χ1n) is 37.1. The normalized spacial score (nSPS) is 12.6. The summed E-state index contributed by atoms with van der Waals surface area (Å²) in [4.78, 5) is 24.6. The van der Waals surface area contributed by atoms with E-state index in [9.17, 15) is 19.8 Å². The summed E-state index contributed by atoms with van der Waals surface area (Å²) in [7, 11) is 0. The number of esters is 1. The summed E-state index contributed by atoms with van der Waals surface area (Å²) in [5.74, 6) is -0.0219. The molecule has 480 valence electrons. The van der Waals surface area contributed by atoms with Crippen molar-refractivity contribution in [3.63, 3.8) is 0 Å². The highest BCUT2D eigenvalue weighted by Gasteiger charge is 2.20. The van der Waals surface area contributed by atoms with Crippen LogP contribution >= 0.6 is 0 Å². The van der Waals surface area contributed by atoms with Gasteiger partial charge in [0, 0.05) is 12.8 Å². The molecule has 6 nitrogen and oxygen atoms in total. The SMILES string of the molecule is CCCCC/C=C\CCCCCCCC(=O)OCCCCCCCCCCCCCC/C=C\CCCCCCCCCCCCCCCC(=O)NC(CO)C(O)CCCCCCCCCCCCCCCCCCCCCCCCC. The third-order valence-corrected chi connectivity index (χ3v) is 17.5. The fourth-order valence-electron chi connectivity index (χ4n) is 11.8. The number of hydrogen-bond acceptors (Lipinski definition) is 5. The van der Waals surface area contributed by atoms with Gasteiger partial charge in [-0.3, -0.25) is 9.59 Å². The number of carbonyl (C=O) groups excluding carboxylic acids is 2. The molecule has 2 atom stereocenters. The molecule has 0 saturated carbocycles. The molecule has 0 aliphatic carbocycles. The maximum atomic E-state index is 12.6. The maximum Gasteiger partial charge on any atom is 0.305 e. The van der Waals surface area contributed by atoms with Gasteiger partial charge in [0.15, 0.2) is 0 Å². The first kappa shape index (κ1) is 79.3. The zero-order valence-corrected chi connectivity index (χ0v) is 55.0. The lowest BCUT2D eigenvalue weighted by Gasteiger charge is -2.22. The lowest BCUT2D eigenvalue weighted by molar-refractivity contribution is -0.143. The standard InChI is InChI=1S/C75H145NO5/c1-3-5-7-9-11-13-15-17-18-19-20-21-29-32-35-38-41-44-47-51-55-59-63-67-73(78)72(71-77)76-74(79)68-64-60-56-52-48-45-42-39-36-33-30-27-25-23-22-24-26-28-31-34-37-40-43-46-50-54-58-62-66-70-81-75(80)69-65-61-57-53-49-16-14-12-10-8-6-4-2/h12,14,22,24,72-73,77-78H,3-11,13,15-21,23,25-71H2,1-2H3,(H,76,79)/b14-12-,24-22-. The Morgan fingerprint density at radius 2 is 0.580 bits per heavy atom. The van der Waals surface area contributed by atoms with Gasteiger partial charge in [-0.05, 0) is 77.0 Å². The number of aliphatic hydroxyl groups is 2. The van der Waals surface area contributed by atoms with Crippen LogP contribution in [0, 0.1) is 0 Å². The van der Waals surface area contributed by atoms with Crippen LogP contribution in [0.1, 0.15) is 418 Å². The van der Waals surface area contributed by atoms with Gasteiger partial charge in [0.2, 0.25) is 5.91 Å². The zero-order chi connectivity index (χ0) is 58.5. The summed E-state index contributed by atoms with van der Waals surface area (Å²) in [6, 6.07) is -0.542. The van der Waals surface area contributed by atoms with Gasteiger partial charge in [-0.25, -0.2) is 0 Å². The smallest absolute Gasteiger partial charge is 0.305 e. The van der Waals surface area contributed by atoms with Crippen molar-refractivity contribution >= 4 is 11.9 Å². The van der Waals surface area contributed by atoms with Gasteiger partial charge in [0.1, 0.15) is 0 Å². The van der Waals surface area contributed by atoms with Crippen molar-refractivity contribution in [3.05, 3.63) is 24.3 Å². The molecule has 0 aliphatic rings. The minimum absolute atomic E-state index is 0.00715. The van der Waals surface area contributed by atoms with Crippen LogP contribution in [0.3, 0.4) is 0 Å². The van der Waals surface area contributed by atoms with Gasteiger partial charge in [0.25, 0.3) is 0 Å². The van der Waals surface area contributed by atoms with Gasteiger partial charge < -0.3 is 20.3 Å². The quantitative estimate of drug-likeness (QED) is 0.0320. The average Bonchev–Trinajstić information content (AvgIpc) is 3.47. The lowest BCUT2D eigenvalue weighted by atomic mass is 10.0. The molecule has 0 radical (unpaired) electrons. The van der Waals surface area contributed by atoms with Crippen molar-refractivity contribution in [2.45, 2.75) is 431 Å². The van der Waals surface area contributed by atoms with E-state index in [0.29, 0.717) is 25.9 Å². The van der Waals surface area contributed by atoms with E-state index in [4.69, 9.17) is 4.74 Å². The van der Waals surface area contributed by atoms with E-state index < -0.39 is 12.1 Å². The predicted octanol–water partition coefficient (Wildman–Crippen LogP) is 24.1. The molecule has 0 aromatic heterocycles. The van der Waals surface area contributed by atoms with Crippen molar-refractivity contribution in [1.29, 1.82) is 0 Å². The van der Waals surface area contributed by atoms with Gasteiger partial charge >= 0.3 is 5.97 Å². The van der Waals surface area contributed by atoms with Crippen LogP contribution in [-0.4, -0.2) is 47.4 Å². The van der Waals surface area contributed by atoms with E-state index in [0.717, 1.165) is 44.9 Å². The number of nitrogens with one attached hydrogen (secondary N) is 1. The number of amides is 1. The molecular weight excluding hydrogens is 995 g/mol. The molecule has 81 heavy (non-hydrogen) atoms. The third kappa shape index (κ3) is 67.3. The molecule has 3 N–H and O–H groups in total. The average molecular weight is 1140 g/mol. The predicted molar refractivity (Wildman–Crippen MR) is 356 cm³/mol. The number of rotatable bonds is 70. The molecule has 0 rings (SSSR count). The number of hydrogen-bond donors (Lipinski definition) is 3. The van der Waals surface area contributed by atoms with Gasteiger partial charge in [-0.15, -0.1) is 0 Å². The van der Waals surface area contributed by atoms with Crippen molar-refractivity contribution in [3.8, 4) is 0 Å². The van der Waals surface area contributed by atoms with Crippen LogP contribution in [0.15, 0.2) is 24.3 Å². The third-order valence-electron chi connectivity index (χ3n) is 17.5. The largest absolute Gasteiger partial charge is 0.466 e. The molecule has 0 heterocycles. The first-order chi connectivity index (χ1) is 40.0. The van der Waals surface area contributed by atoms with Crippen molar-refractivity contribution in [1.82, 2.24) is 5.32 Å². The molecule has 0 bridgehead atoms. The molecule has 0 aromatic carbocycles. The van der Waals surface area contributed by atoms with Crippen molar-refractivity contribution in [2.75, 3.05) is 13.2 Å². The van der Waals surface area contributed by atoms with Gasteiger partial charge in [-0.2, -0.15) is 0 Å². The van der Waals surface area contributed by atoms with Crippen molar-refractivity contribution < 1.29 is 24.5 Å². The number of unbranched alkanes of at least 4 members (excludes halogenated alkanes) is 55. The van der Waals surface area contributed by atoms with Crippen LogP contribution in [0.25, 0.3) is 0 Å². The highest BCUT2D eigenvalue weighted by atomic mass is 16.5. The highest BCUT2D eigenvalue weighted by molar-refractivity contribution is 5.76. The monoisotopic (exact) mass is 1140 g/mol. The summed E-state index contributed by atoms with van der Waals surface area (Å²) in [6.45, 7) is 4.97. The second kappa shape index (κ2) is 70.8. The lowest BCUT2D eigenvalue weighted by Crippen LogP contribution is -2.45. The molecule has 0 fully saturated rings. The summed E-state index contributed by atoms with van der Waals surface area (Å²) < 4.78 is 5.47. The van der Waals surface area contributed by atoms with Crippen LogP contribution in [0.4, 0.5) is 0 Å². The molecular formula is C75H145NO5. The number of allylic oxidation sites excluding steroid dienone is 4. The summed E-state index contributed by atoms with van der Waals surface area (Å²) in [6.07, 6.45) is 89.6. The van der Waals surface area contributed by atoms with Crippen LogP contribution in [0.5, 0.6) is 0 Å². The van der Waals surface area contributed by atoms with E-state index in [1.165, 1.54) is 340 Å². The Morgan fingerprint density at radius 1 is 0.333 bits per heavy atom. The van der Waals surface area contributed by atoms with E-state index in [1.54, 1.807) is 0 Å². The molecule has 1 amide bonds. The van der Waals surface area contributed by atoms with Crippen LogP contribution in [0.2, 0.25) is 0 Å².